The maximum atomic E-state index is 14.4. The fraction of sp³-hybridized carbons (Fsp3) is 0.290. The number of hydrogen-bond donors (Lipinski definition) is 1. The molecule has 7 heteroatoms. The van der Waals surface area contributed by atoms with E-state index in [2.05, 4.69) is 35.0 Å². The van der Waals surface area contributed by atoms with Gasteiger partial charge in [-0.25, -0.2) is 0 Å². The second-order valence-corrected chi connectivity index (χ2v) is 10.7. The van der Waals surface area contributed by atoms with Crippen LogP contribution in [0.1, 0.15) is 51.6 Å². The molecular formula is C31H31ClN4O2. The molecule has 2 aromatic carbocycles. The van der Waals surface area contributed by atoms with Crippen LogP contribution in [0.15, 0.2) is 73.0 Å². The van der Waals surface area contributed by atoms with Crippen molar-refractivity contribution in [3.05, 3.63) is 106 Å². The highest BCUT2D eigenvalue weighted by Crippen LogP contribution is 2.45. The third-order valence-electron chi connectivity index (χ3n) is 8.17. The third kappa shape index (κ3) is 4.13. The molecule has 1 fully saturated rings. The predicted molar refractivity (Wildman–Crippen MR) is 152 cm³/mol. The summed E-state index contributed by atoms with van der Waals surface area (Å²) in [5, 5.41) is 0.715. The van der Waals surface area contributed by atoms with Crippen molar-refractivity contribution in [2.75, 3.05) is 38.1 Å². The third-order valence-corrected chi connectivity index (χ3v) is 8.42. The zero-order chi connectivity index (χ0) is 26.4. The van der Waals surface area contributed by atoms with Gasteiger partial charge in [-0.2, -0.15) is 0 Å². The highest BCUT2D eigenvalue weighted by Gasteiger charge is 2.45. The first kappa shape index (κ1) is 24.6. The van der Waals surface area contributed by atoms with Gasteiger partial charge in [-0.15, -0.1) is 0 Å². The molecule has 2 atom stereocenters. The number of rotatable bonds is 3. The van der Waals surface area contributed by atoms with Gasteiger partial charge in [-0.1, -0.05) is 48.0 Å². The van der Waals surface area contributed by atoms with Crippen molar-refractivity contribution in [3.8, 4) is 0 Å². The van der Waals surface area contributed by atoms with Gasteiger partial charge >= 0.3 is 0 Å². The minimum atomic E-state index is -0.479. The Morgan fingerprint density at radius 2 is 1.74 bits per heavy atom. The minimum Gasteiger partial charge on any atom is -0.368 e. The van der Waals surface area contributed by atoms with E-state index < -0.39 is 12.0 Å². The first-order valence-electron chi connectivity index (χ1n) is 13.1. The summed E-state index contributed by atoms with van der Waals surface area (Å²) < 4.78 is 0. The SMILES string of the molecule is CC1=CC=CCc2c(C3C(C(=O)N4CCN(c5ccc(Cl)cc5)CC4)c4ccccc4C(=O)N3C)c[nH]c21. The van der Waals surface area contributed by atoms with Crippen molar-refractivity contribution in [2.45, 2.75) is 25.3 Å². The number of likely N-dealkylation sites (N-methyl/N-ethyl adjacent to an activating group) is 1. The second-order valence-electron chi connectivity index (χ2n) is 10.3. The van der Waals surface area contributed by atoms with Gasteiger partial charge in [0.1, 0.15) is 0 Å². The highest BCUT2D eigenvalue weighted by atomic mass is 35.5. The molecular weight excluding hydrogens is 496 g/mol. The van der Waals surface area contributed by atoms with E-state index in [1.165, 1.54) is 0 Å². The van der Waals surface area contributed by atoms with E-state index in [4.69, 9.17) is 11.6 Å². The lowest BCUT2D eigenvalue weighted by atomic mass is 9.78. The van der Waals surface area contributed by atoms with Crippen LogP contribution in [0.5, 0.6) is 0 Å². The molecule has 1 aromatic heterocycles. The summed E-state index contributed by atoms with van der Waals surface area (Å²) in [5.41, 5.74) is 6.93. The van der Waals surface area contributed by atoms with E-state index in [9.17, 15) is 9.59 Å². The van der Waals surface area contributed by atoms with Crippen molar-refractivity contribution in [1.82, 2.24) is 14.8 Å². The number of allylic oxidation sites excluding steroid dienone is 4. The number of nitrogens with zero attached hydrogens (tertiary/aromatic N) is 3. The lowest BCUT2D eigenvalue weighted by molar-refractivity contribution is -0.134. The van der Waals surface area contributed by atoms with Crippen LogP contribution in [-0.4, -0.2) is 59.8 Å². The first-order chi connectivity index (χ1) is 18.4. The Kier molecular flexibility index (Phi) is 6.36. The lowest BCUT2D eigenvalue weighted by Gasteiger charge is -2.43. The number of anilines is 1. The predicted octanol–water partition coefficient (Wildman–Crippen LogP) is 5.44. The summed E-state index contributed by atoms with van der Waals surface area (Å²) in [4.78, 5) is 37.4. The van der Waals surface area contributed by atoms with E-state index in [-0.39, 0.29) is 11.8 Å². The molecule has 3 aliphatic rings. The summed E-state index contributed by atoms with van der Waals surface area (Å²) in [6.07, 6.45) is 9.06. The molecule has 6 rings (SSSR count). The molecule has 1 N–H and O–H groups in total. The van der Waals surface area contributed by atoms with Crippen LogP contribution in [0.25, 0.3) is 5.57 Å². The number of aromatic nitrogens is 1. The largest absolute Gasteiger partial charge is 0.368 e. The average Bonchev–Trinajstić information content (AvgIpc) is 3.27. The molecule has 2 amide bonds. The van der Waals surface area contributed by atoms with Crippen LogP contribution < -0.4 is 4.90 Å². The number of fused-ring (bicyclic) bond motifs is 2. The molecule has 38 heavy (non-hydrogen) atoms. The lowest BCUT2D eigenvalue weighted by Crippen LogP contribution is -2.53. The molecule has 3 aromatic rings. The van der Waals surface area contributed by atoms with Gasteiger partial charge in [0.2, 0.25) is 5.91 Å². The maximum absolute atomic E-state index is 14.4. The van der Waals surface area contributed by atoms with Crippen molar-refractivity contribution in [3.63, 3.8) is 0 Å². The van der Waals surface area contributed by atoms with Gasteiger partial charge in [0.05, 0.1) is 12.0 Å². The number of amides is 2. The smallest absolute Gasteiger partial charge is 0.254 e. The first-order valence-corrected chi connectivity index (χ1v) is 13.5. The second kappa shape index (κ2) is 9.84. The number of nitrogens with one attached hydrogen (secondary N) is 1. The minimum absolute atomic E-state index is 0.0476. The summed E-state index contributed by atoms with van der Waals surface area (Å²) in [6, 6.07) is 15.1. The fourth-order valence-electron chi connectivity index (χ4n) is 6.15. The van der Waals surface area contributed by atoms with E-state index in [0.29, 0.717) is 23.7 Å². The summed E-state index contributed by atoms with van der Waals surface area (Å²) in [5.74, 6) is -0.454. The molecule has 0 spiro atoms. The molecule has 194 valence electrons. The normalized spacial score (nSPS) is 21.1. The number of benzene rings is 2. The Hall–Kier alpha value is -3.77. The standard InChI is InChI=1S/C31H31ClN4O2/c1-20-7-3-4-9-24-26(19-33-28(20)24)29-27(23-8-5-6-10-25(23)30(37)34(29)2)31(38)36-17-15-35(16-18-36)22-13-11-21(32)12-14-22/h3-8,10-14,19,27,29,33H,9,15-18H2,1-2H3. The Bertz CT molecular complexity index is 1450. The maximum Gasteiger partial charge on any atom is 0.254 e. The summed E-state index contributed by atoms with van der Waals surface area (Å²) in [7, 11) is 1.83. The van der Waals surface area contributed by atoms with Gasteiger partial charge in [0, 0.05) is 61.4 Å². The summed E-state index contributed by atoms with van der Waals surface area (Å²) in [6.45, 7) is 4.83. The van der Waals surface area contributed by atoms with Gasteiger partial charge in [-0.05, 0) is 65.9 Å². The van der Waals surface area contributed by atoms with E-state index >= 15 is 0 Å². The number of carbonyl (C=O) groups excluding carboxylic acids is 2. The molecule has 0 radical (unpaired) electrons. The monoisotopic (exact) mass is 526 g/mol. The molecule has 2 unspecified atom stereocenters. The van der Waals surface area contributed by atoms with Crippen LogP contribution in [0.2, 0.25) is 5.02 Å². The molecule has 2 aliphatic heterocycles. The zero-order valence-electron chi connectivity index (χ0n) is 21.7. The number of H-pyrrole nitrogens is 1. The van der Waals surface area contributed by atoms with Crippen molar-refractivity contribution >= 4 is 34.7 Å². The molecule has 0 saturated carbocycles. The Morgan fingerprint density at radius 3 is 2.50 bits per heavy atom. The molecule has 0 bridgehead atoms. The van der Waals surface area contributed by atoms with Crippen LogP contribution in [0.3, 0.4) is 0 Å². The number of piperazine rings is 1. The van der Waals surface area contributed by atoms with E-state index in [1.54, 1.807) is 4.90 Å². The van der Waals surface area contributed by atoms with Gasteiger partial charge in [0.15, 0.2) is 0 Å². The quantitative estimate of drug-likeness (QED) is 0.494. The average molecular weight is 527 g/mol. The molecule has 1 saturated heterocycles. The van der Waals surface area contributed by atoms with Gasteiger partial charge in [-0.3, -0.25) is 9.59 Å². The number of hydrogen-bond acceptors (Lipinski definition) is 3. The zero-order valence-corrected chi connectivity index (χ0v) is 22.4. The Morgan fingerprint density at radius 1 is 1.00 bits per heavy atom. The topological polar surface area (TPSA) is 59.7 Å². The van der Waals surface area contributed by atoms with Crippen molar-refractivity contribution in [2.24, 2.45) is 0 Å². The Labute approximate surface area is 228 Å². The van der Waals surface area contributed by atoms with Gasteiger partial charge in [0.25, 0.3) is 5.91 Å². The van der Waals surface area contributed by atoms with Crippen molar-refractivity contribution in [1.29, 1.82) is 0 Å². The van der Waals surface area contributed by atoms with Crippen LogP contribution in [0.4, 0.5) is 5.69 Å². The van der Waals surface area contributed by atoms with Crippen LogP contribution >= 0.6 is 11.6 Å². The number of aromatic amines is 1. The molecule has 6 nitrogen and oxygen atoms in total. The van der Waals surface area contributed by atoms with Gasteiger partial charge < -0.3 is 19.7 Å². The molecule has 3 heterocycles. The Balaban J connectivity index is 1.35. The highest BCUT2D eigenvalue weighted by molar-refractivity contribution is 6.30. The fourth-order valence-corrected chi connectivity index (χ4v) is 6.27. The number of halogens is 1. The summed E-state index contributed by atoms with van der Waals surface area (Å²) >= 11 is 6.07. The van der Waals surface area contributed by atoms with Crippen LogP contribution in [0, 0.1) is 0 Å². The number of carbonyl (C=O) groups is 2. The molecule has 1 aliphatic carbocycles. The van der Waals surface area contributed by atoms with E-state index in [0.717, 1.165) is 53.2 Å². The van der Waals surface area contributed by atoms with Crippen molar-refractivity contribution < 1.29 is 9.59 Å². The van der Waals surface area contributed by atoms with Crippen LogP contribution in [-0.2, 0) is 11.2 Å². The van der Waals surface area contributed by atoms with E-state index in [1.807, 2.05) is 66.7 Å².